The van der Waals surface area contributed by atoms with Gasteiger partial charge in [-0.2, -0.15) is 0 Å². The second kappa shape index (κ2) is 6.00. The smallest absolute Gasteiger partial charge is 0.325 e. The summed E-state index contributed by atoms with van der Waals surface area (Å²) in [7, 11) is 0. The average Bonchev–Trinajstić information content (AvgIpc) is 2.39. The molecule has 1 fully saturated rings. The highest BCUT2D eigenvalue weighted by molar-refractivity contribution is 5.77. The van der Waals surface area contributed by atoms with Crippen molar-refractivity contribution in [2.45, 2.75) is 25.8 Å². The van der Waals surface area contributed by atoms with E-state index in [1.807, 2.05) is 4.90 Å². The Morgan fingerprint density at radius 3 is 2.80 bits per heavy atom. The number of carboxylic acids is 1. The second-order valence-electron chi connectivity index (χ2n) is 5.30. The van der Waals surface area contributed by atoms with Crippen LogP contribution in [0.3, 0.4) is 0 Å². The van der Waals surface area contributed by atoms with Crippen LogP contribution in [0.5, 0.6) is 0 Å². The van der Waals surface area contributed by atoms with Crippen LogP contribution in [0.4, 0.5) is 5.69 Å². The van der Waals surface area contributed by atoms with Crippen molar-refractivity contribution in [2.24, 2.45) is 5.92 Å². The fourth-order valence-electron chi connectivity index (χ4n) is 2.83. The summed E-state index contributed by atoms with van der Waals surface area (Å²) in [6.07, 6.45) is 1.99. The minimum Gasteiger partial charge on any atom is -0.480 e. The minimum atomic E-state index is -1.03. The minimum absolute atomic E-state index is 0.127. The lowest BCUT2D eigenvalue weighted by molar-refractivity contribution is -0.386. The Morgan fingerprint density at radius 1 is 1.50 bits per heavy atom. The van der Waals surface area contributed by atoms with Crippen LogP contribution in [0, 0.1) is 16.0 Å². The number of carboxylic acid groups (broad SMARTS) is 1. The maximum atomic E-state index is 11.6. The Morgan fingerprint density at radius 2 is 2.20 bits per heavy atom. The van der Waals surface area contributed by atoms with Crippen LogP contribution in [-0.2, 0) is 4.79 Å². The van der Waals surface area contributed by atoms with Gasteiger partial charge in [0.25, 0.3) is 5.69 Å². The van der Waals surface area contributed by atoms with E-state index >= 15 is 0 Å². The predicted molar refractivity (Wildman–Crippen MR) is 73.4 cm³/mol. The molecule has 108 valence electrons. The van der Waals surface area contributed by atoms with Gasteiger partial charge in [-0.1, -0.05) is 19.1 Å². The number of piperidine rings is 1. The number of para-hydroxylation sites is 1. The van der Waals surface area contributed by atoms with E-state index in [4.69, 9.17) is 0 Å². The summed E-state index contributed by atoms with van der Waals surface area (Å²) in [4.78, 5) is 24.0. The van der Waals surface area contributed by atoms with Gasteiger partial charge in [0.2, 0.25) is 0 Å². The molecule has 20 heavy (non-hydrogen) atoms. The van der Waals surface area contributed by atoms with Crippen LogP contribution < -0.4 is 0 Å². The summed E-state index contributed by atoms with van der Waals surface area (Å²) in [5, 5.41) is 20.6. The van der Waals surface area contributed by atoms with E-state index in [1.165, 1.54) is 12.1 Å². The first-order valence-corrected chi connectivity index (χ1v) is 6.71. The zero-order chi connectivity index (χ0) is 14.7. The molecule has 0 amide bonds. The van der Waals surface area contributed by atoms with Gasteiger partial charge >= 0.3 is 5.97 Å². The molecular weight excluding hydrogens is 260 g/mol. The monoisotopic (exact) mass is 278 g/mol. The van der Waals surface area contributed by atoms with Crippen LogP contribution in [-0.4, -0.2) is 34.0 Å². The van der Waals surface area contributed by atoms with Crippen molar-refractivity contribution in [3.63, 3.8) is 0 Å². The summed E-state index contributed by atoms with van der Waals surface area (Å²) in [6, 6.07) is 5.15. The molecule has 2 unspecified atom stereocenters. The number of nitro groups is 1. The fourth-order valence-corrected chi connectivity index (χ4v) is 2.83. The molecule has 1 aliphatic heterocycles. The number of likely N-dealkylation sites (tertiary alicyclic amines) is 1. The summed E-state index contributed by atoms with van der Waals surface area (Å²) >= 11 is 0. The van der Waals surface area contributed by atoms with Crippen LogP contribution in [0.2, 0.25) is 0 Å². The van der Waals surface area contributed by atoms with Gasteiger partial charge in [-0.25, -0.2) is 0 Å². The van der Waals surface area contributed by atoms with Crippen LogP contribution in [0.15, 0.2) is 24.3 Å². The Hall–Kier alpha value is -1.95. The van der Waals surface area contributed by atoms with Gasteiger partial charge in [0.15, 0.2) is 0 Å². The van der Waals surface area contributed by atoms with E-state index in [9.17, 15) is 20.0 Å². The Bertz CT molecular complexity index is 518. The number of aliphatic carboxylic acids is 1. The molecule has 6 nitrogen and oxygen atoms in total. The van der Waals surface area contributed by atoms with Gasteiger partial charge in [-0.15, -0.1) is 0 Å². The molecule has 0 spiro atoms. The molecular formula is C14H18N2O4. The molecule has 1 aliphatic rings. The molecule has 1 aromatic carbocycles. The summed E-state index contributed by atoms with van der Waals surface area (Å²) in [5.41, 5.74) is 0.136. The lowest BCUT2D eigenvalue weighted by Crippen LogP contribution is -2.41. The first-order valence-electron chi connectivity index (χ1n) is 6.71. The SMILES string of the molecule is CC1CCCN(C(C(=O)O)c2ccccc2[N+](=O)[O-])C1. The molecule has 1 N–H and O–H groups in total. The lowest BCUT2D eigenvalue weighted by Gasteiger charge is -2.35. The Labute approximate surface area is 117 Å². The van der Waals surface area contributed by atoms with Gasteiger partial charge in [-0.3, -0.25) is 19.8 Å². The topological polar surface area (TPSA) is 83.7 Å². The first-order chi connectivity index (χ1) is 9.50. The molecule has 1 heterocycles. The first kappa shape index (κ1) is 14.5. The molecule has 0 aromatic heterocycles. The van der Waals surface area contributed by atoms with Crippen molar-refractivity contribution < 1.29 is 14.8 Å². The van der Waals surface area contributed by atoms with E-state index in [2.05, 4.69) is 6.92 Å². The number of carbonyl (C=O) groups is 1. The molecule has 2 rings (SSSR count). The van der Waals surface area contributed by atoms with Crippen molar-refractivity contribution in [1.82, 2.24) is 4.90 Å². The summed E-state index contributed by atoms with van der Waals surface area (Å²) in [6.45, 7) is 3.39. The number of benzene rings is 1. The number of hydrogen-bond acceptors (Lipinski definition) is 4. The standard InChI is InChI=1S/C14H18N2O4/c1-10-5-4-8-15(9-10)13(14(17)18)11-6-2-3-7-12(11)16(19)20/h2-3,6-7,10,13H,4-5,8-9H2,1H3,(H,17,18). The normalized spacial score (nSPS) is 21.4. The van der Waals surface area contributed by atoms with Gasteiger partial charge in [0.05, 0.1) is 10.5 Å². The third kappa shape index (κ3) is 2.96. The largest absolute Gasteiger partial charge is 0.480 e. The average molecular weight is 278 g/mol. The van der Waals surface area contributed by atoms with Crippen LogP contribution in [0.25, 0.3) is 0 Å². The molecule has 0 saturated carbocycles. The fraction of sp³-hybridized carbons (Fsp3) is 0.500. The quantitative estimate of drug-likeness (QED) is 0.675. The van der Waals surface area contributed by atoms with Gasteiger partial charge in [0.1, 0.15) is 6.04 Å². The van der Waals surface area contributed by atoms with E-state index in [1.54, 1.807) is 12.1 Å². The molecule has 1 aromatic rings. The Kier molecular flexibility index (Phi) is 4.34. The highest BCUT2D eigenvalue weighted by Crippen LogP contribution is 2.32. The van der Waals surface area contributed by atoms with Crippen molar-refractivity contribution in [3.8, 4) is 0 Å². The number of hydrogen-bond donors (Lipinski definition) is 1. The molecule has 6 heteroatoms. The third-order valence-electron chi connectivity index (χ3n) is 3.72. The second-order valence-corrected chi connectivity index (χ2v) is 5.30. The van der Waals surface area contributed by atoms with E-state index in [-0.39, 0.29) is 11.3 Å². The zero-order valence-corrected chi connectivity index (χ0v) is 11.4. The molecule has 2 atom stereocenters. The lowest BCUT2D eigenvalue weighted by atomic mass is 9.95. The molecule has 0 bridgehead atoms. The van der Waals surface area contributed by atoms with Crippen LogP contribution >= 0.6 is 0 Å². The van der Waals surface area contributed by atoms with Crippen molar-refractivity contribution >= 4 is 11.7 Å². The maximum absolute atomic E-state index is 11.6. The molecule has 1 saturated heterocycles. The van der Waals surface area contributed by atoms with E-state index in [0.717, 1.165) is 12.8 Å². The van der Waals surface area contributed by atoms with Crippen LogP contribution in [0.1, 0.15) is 31.4 Å². The van der Waals surface area contributed by atoms with E-state index < -0.39 is 16.9 Å². The van der Waals surface area contributed by atoms with Gasteiger partial charge in [0, 0.05) is 12.6 Å². The zero-order valence-electron chi connectivity index (χ0n) is 11.4. The molecule has 0 aliphatic carbocycles. The number of nitro benzene ring substituents is 1. The van der Waals surface area contributed by atoms with Crippen molar-refractivity contribution in [3.05, 3.63) is 39.9 Å². The molecule has 0 radical (unpaired) electrons. The summed E-state index contributed by atoms with van der Waals surface area (Å²) in [5.74, 6) is -0.623. The van der Waals surface area contributed by atoms with Gasteiger partial charge in [-0.05, 0) is 31.4 Å². The third-order valence-corrected chi connectivity index (χ3v) is 3.72. The van der Waals surface area contributed by atoms with Crippen molar-refractivity contribution in [1.29, 1.82) is 0 Å². The van der Waals surface area contributed by atoms with Gasteiger partial charge < -0.3 is 5.11 Å². The van der Waals surface area contributed by atoms with E-state index in [0.29, 0.717) is 19.0 Å². The number of nitrogens with zero attached hydrogens (tertiary/aromatic N) is 2. The summed E-state index contributed by atoms with van der Waals surface area (Å²) < 4.78 is 0. The highest BCUT2D eigenvalue weighted by atomic mass is 16.6. The van der Waals surface area contributed by atoms with Crippen molar-refractivity contribution in [2.75, 3.05) is 13.1 Å². The highest BCUT2D eigenvalue weighted by Gasteiger charge is 2.34. The number of rotatable bonds is 4. The Balaban J connectivity index is 2.38. The maximum Gasteiger partial charge on any atom is 0.325 e. The predicted octanol–water partition coefficient (Wildman–Crippen LogP) is 2.45.